The standard InChI is InChI=1S/C11H17N5S/c1-4-8-11(17-15-14-8)10(12-3)9-6-16(5-2)7-13-9/h6-7,10,12H,4-5H2,1-3H3. The third-order valence-electron chi connectivity index (χ3n) is 2.79. The molecule has 92 valence electrons. The molecule has 0 spiro atoms. The lowest BCUT2D eigenvalue weighted by molar-refractivity contribution is 0.674. The summed E-state index contributed by atoms with van der Waals surface area (Å²) in [7, 11) is 1.94. The van der Waals surface area contributed by atoms with E-state index in [-0.39, 0.29) is 6.04 Å². The Hall–Kier alpha value is -1.27. The largest absolute Gasteiger partial charge is 0.337 e. The van der Waals surface area contributed by atoms with E-state index in [0.717, 1.165) is 29.2 Å². The number of aryl methyl sites for hydroxylation is 2. The lowest BCUT2D eigenvalue weighted by Gasteiger charge is -2.12. The summed E-state index contributed by atoms with van der Waals surface area (Å²) < 4.78 is 6.10. The minimum Gasteiger partial charge on any atom is -0.337 e. The van der Waals surface area contributed by atoms with Gasteiger partial charge in [-0.15, -0.1) is 5.10 Å². The molecule has 0 aliphatic heterocycles. The van der Waals surface area contributed by atoms with Gasteiger partial charge < -0.3 is 9.88 Å². The molecule has 0 aromatic carbocycles. The van der Waals surface area contributed by atoms with Crippen LogP contribution in [0.2, 0.25) is 0 Å². The average Bonchev–Trinajstić information content (AvgIpc) is 2.99. The highest BCUT2D eigenvalue weighted by atomic mass is 32.1. The Labute approximate surface area is 105 Å². The molecule has 0 amide bonds. The van der Waals surface area contributed by atoms with E-state index in [9.17, 15) is 0 Å². The highest BCUT2D eigenvalue weighted by molar-refractivity contribution is 7.05. The van der Waals surface area contributed by atoms with Crippen LogP contribution in [0.25, 0.3) is 0 Å². The number of nitrogens with one attached hydrogen (secondary N) is 1. The van der Waals surface area contributed by atoms with Gasteiger partial charge in [-0.25, -0.2) is 4.98 Å². The van der Waals surface area contributed by atoms with Gasteiger partial charge in [-0.1, -0.05) is 11.4 Å². The van der Waals surface area contributed by atoms with Crippen LogP contribution in [-0.4, -0.2) is 26.2 Å². The first kappa shape index (κ1) is 12.2. The predicted molar refractivity (Wildman–Crippen MR) is 68.1 cm³/mol. The predicted octanol–water partition coefficient (Wildman–Crippen LogP) is 1.63. The van der Waals surface area contributed by atoms with Crippen molar-refractivity contribution < 1.29 is 0 Å². The maximum Gasteiger partial charge on any atom is 0.0950 e. The molecule has 1 N–H and O–H groups in total. The van der Waals surface area contributed by atoms with Crippen molar-refractivity contribution in [3.05, 3.63) is 28.8 Å². The second kappa shape index (κ2) is 5.37. The number of imidazole rings is 1. The molecule has 2 aromatic rings. The van der Waals surface area contributed by atoms with Crippen molar-refractivity contribution >= 4 is 11.5 Å². The third kappa shape index (κ3) is 2.37. The fourth-order valence-corrected chi connectivity index (χ4v) is 2.65. The van der Waals surface area contributed by atoms with E-state index in [1.165, 1.54) is 11.5 Å². The molecule has 5 nitrogen and oxygen atoms in total. The Morgan fingerprint density at radius 3 is 2.88 bits per heavy atom. The zero-order valence-electron chi connectivity index (χ0n) is 10.3. The van der Waals surface area contributed by atoms with Crippen LogP contribution in [0, 0.1) is 0 Å². The van der Waals surface area contributed by atoms with E-state index in [4.69, 9.17) is 0 Å². The summed E-state index contributed by atoms with van der Waals surface area (Å²) in [5.74, 6) is 0. The number of hydrogen-bond donors (Lipinski definition) is 1. The molecule has 0 radical (unpaired) electrons. The molecule has 0 aliphatic rings. The summed E-state index contributed by atoms with van der Waals surface area (Å²) in [6, 6.07) is 0.0951. The van der Waals surface area contributed by atoms with Gasteiger partial charge in [0.05, 0.1) is 28.6 Å². The van der Waals surface area contributed by atoms with Crippen LogP contribution in [0.1, 0.15) is 36.2 Å². The molecule has 0 saturated carbocycles. The first-order valence-corrected chi connectivity index (χ1v) is 6.57. The Morgan fingerprint density at radius 1 is 1.47 bits per heavy atom. The van der Waals surface area contributed by atoms with E-state index < -0.39 is 0 Å². The van der Waals surface area contributed by atoms with E-state index >= 15 is 0 Å². The maximum atomic E-state index is 4.44. The quantitative estimate of drug-likeness (QED) is 0.877. The SMILES string of the molecule is CCc1nnsc1C(NC)c1cn(CC)cn1. The molecule has 17 heavy (non-hydrogen) atoms. The minimum absolute atomic E-state index is 0.0951. The van der Waals surface area contributed by atoms with Crippen LogP contribution in [-0.2, 0) is 13.0 Å². The Bertz CT molecular complexity index is 476. The Kier molecular flexibility index (Phi) is 3.86. The van der Waals surface area contributed by atoms with Gasteiger partial charge >= 0.3 is 0 Å². The second-order valence-corrected chi connectivity index (χ2v) is 4.57. The van der Waals surface area contributed by atoms with Crippen molar-refractivity contribution in [1.29, 1.82) is 0 Å². The monoisotopic (exact) mass is 251 g/mol. The van der Waals surface area contributed by atoms with Gasteiger partial charge in [0.15, 0.2) is 0 Å². The Morgan fingerprint density at radius 2 is 2.29 bits per heavy atom. The summed E-state index contributed by atoms with van der Waals surface area (Å²) in [4.78, 5) is 5.60. The van der Waals surface area contributed by atoms with Gasteiger partial charge in [-0.05, 0) is 31.9 Å². The third-order valence-corrected chi connectivity index (χ3v) is 3.62. The van der Waals surface area contributed by atoms with E-state index in [1.807, 2.05) is 13.4 Å². The highest BCUT2D eigenvalue weighted by Gasteiger charge is 2.20. The first-order chi connectivity index (χ1) is 8.30. The summed E-state index contributed by atoms with van der Waals surface area (Å²) in [5, 5.41) is 7.44. The van der Waals surface area contributed by atoms with Crippen LogP contribution in [0.5, 0.6) is 0 Å². The molecule has 2 aromatic heterocycles. The van der Waals surface area contributed by atoms with Gasteiger partial charge in [0.1, 0.15) is 0 Å². The summed E-state index contributed by atoms with van der Waals surface area (Å²) in [5.41, 5.74) is 2.08. The number of hydrogen-bond acceptors (Lipinski definition) is 5. The topological polar surface area (TPSA) is 55.6 Å². The van der Waals surface area contributed by atoms with Crippen molar-refractivity contribution in [2.24, 2.45) is 0 Å². The fourth-order valence-electron chi connectivity index (χ4n) is 1.79. The molecule has 2 heterocycles. The minimum atomic E-state index is 0.0951. The van der Waals surface area contributed by atoms with Crippen molar-refractivity contribution in [3.8, 4) is 0 Å². The maximum absolute atomic E-state index is 4.44. The van der Waals surface area contributed by atoms with E-state index in [1.54, 1.807) is 0 Å². The summed E-state index contributed by atoms with van der Waals surface area (Å²) in [6.45, 7) is 5.13. The molecule has 0 saturated heterocycles. The fraction of sp³-hybridized carbons (Fsp3) is 0.545. The lowest BCUT2D eigenvalue weighted by Crippen LogP contribution is -2.18. The van der Waals surface area contributed by atoms with Crippen LogP contribution in [0.15, 0.2) is 12.5 Å². The van der Waals surface area contributed by atoms with Crippen LogP contribution in [0.3, 0.4) is 0 Å². The summed E-state index contributed by atoms with van der Waals surface area (Å²) in [6.07, 6.45) is 4.83. The molecule has 0 bridgehead atoms. The molecular formula is C11H17N5S. The van der Waals surface area contributed by atoms with Crippen LogP contribution < -0.4 is 5.32 Å². The molecule has 0 fully saturated rings. The molecule has 0 aliphatic carbocycles. The number of aromatic nitrogens is 4. The number of nitrogens with zero attached hydrogens (tertiary/aromatic N) is 4. The molecule has 2 rings (SSSR count). The second-order valence-electron chi connectivity index (χ2n) is 3.79. The smallest absolute Gasteiger partial charge is 0.0950 e. The first-order valence-electron chi connectivity index (χ1n) is 5.80. The van der Waals surface area contributed by atoms with Gasteiger partial charge in [-0.2, -0.15) is 0 Å². The normalized spacial score (nSPS) is 12.9. The summed E-state index contributed by atoms with van der Waals surface area (Å²) >= 11 is 1.45. The van der Waals surface area contributed by atoms with Crippen LogP contribution in [0.4, 0.5) is 0 Å². The van der Waals surface area contributed by atoms with E-state index in [2.05, 4.69) is 44.5 Å². The van der Waals surface area contributed by atoms with Crippen molar-refractivity contribution in [2.75, 3.05) is 7.05 Å². The lowest BCUT2D eigenvalue weighted by atomic mass is 10.1. The van der Waals surface area contributed by atoms with Gasteiger partial charge in [0.2, 0.25) is 0 Å². The van der Waals surface area contributed by atoms with Gasteiger partial charge in [0, 0.05) is 12.7 Å². The molecule has 6 heteroatoms. The highest BCUT2D eigenvalue weighted by Crippen LogP contribution is 2.25. The van der Waals surface area contributed by atoms with Crippen molar-refractivity contribution in [2.45, 2.75) is 32.9 Å². The zero-order valence-corrected chi connectivity index (χ0v) is 11.2. The van der Waals surface area contributed by atoms with Crippen LogP contribution >= 0.6 is 11.5 Å². The zero-order chi connectivity index (χ0) is 12.3. The van der Waals surface area contributed by atoms with Crippen molar-refractivity contribution in [1.82, 2.24) is 24.5 Å². The molecule has 1 atom stereocenters. The Balaban J connectivity index is 2.33. The van der Waals surface area contributed by atoms with Gasteiger partial charge in [-0.3, -0.25) is 0 Å². The molecule has 1 unspecified atom stereocenters. The van der Waals surface area contributed by atoms with Gasteiger partial charge in [0.25, 0.3) is 0 Å². The van der Waals surface area contributed by atoms with E-state index in [0.29, 0.717) is 0 Å². The van der Waals surface area contributed by atoms with Crippen molar-refractivity contribution in [3.63, 3.8) is 0 Å². The number of rotatable bonds is 5. The average molecular weight is 251 g/mol. The molecular weight excluding hydrogens is 234 g/mol.